The fourth-order valence-electron chi connectivity index (χ4n) is 3.26. The summed E-state index contributed by atoms with van der Waals surface area (Å²) in [6.45, 7) is 1.36. The molecule has 29 heavy (non-hydrogen) atoms. The molecule has 1 amide bonds. The van der Waals surface area contributed by atoms with Crippen LogP contribution in [0.25, 0.3) is 27.6 Å². The highest BCUT2D eigenvalue weighted by Gasteiger charge is 2.15. The highest BCUT2D eigenvalue weighted by atomic mass is 16.5. The van der Waals surface area contributed by atoms with Crippen molar-refractivity contribution in [1.29, 1.82) is 0 Å². The minimum absolute atomic E-state index is 0.0852. The monoisotopic (exact) mass is 381 g/mol. The summed E-state index contributed by atoms with van der Waals surface area (Å²) in [5.41, 5.74) is 0.907. The lowest BCUT2D eigenvalue weighted by Crippen LogP contribution is -2.27. The number of rotatable bonds is 4. The standard InChI is InChI=1S/C25H19NO3/c1-17(27)26-24(16-21-11-6-10-19-8-4-5-12-23(19)21)25(28)29-22-14-13-18-7-2-3-9-20(18)15-22/h2-16H,1H3,(H,26,27)/b24-16-. The van der Waals surface area contributed by atoms with Gasteiger partial charge in [0.15, 0.2) is 0 Å². The molecule has 0 fully saturated rings. The van der Waals surface area contributed by atoms with Gasteiger partial charge in [0.1, 0.15) is 11.4 Å². The third-order valence-electron chi connectivity index (χ3n) is 4.59. The third-order valence-corrected chi connectivity index (χ3v) is 4.59. The number of benzene rings is 4. The van der Waals surface area contributed by atoms with Crippen LogP contribution < -0.4 is 10.1 Å². The summed E-state index contributed by atoms with van der Waals surface area (Å²) in [6.07, 6.45) is 1.65. The summed E-state index contributed by atoms with van der Waals surface area (Å²) >= 11 is 0. The molecule has 0 saturated carbocycles. The predicted molar refractivity (Wildman–Crippen MR) is 115 cm³/mol. The molecule has 0 spiro atoms. The Hall–Kier alpha value is -3.92. The Morgan fingerprint density at radius 1 is 0.793 bits per heavy atom. The van der Waals surface area contributed by atoms with Crippen LogP contribution in [-0.4, -0.2) is 11.9 Å². The molecule has 0 aliphatic heterocycles. The Labute approximate surface area is 168 Å². The molecule has 142 valence electrons. The Balaban J connectivity index is 1.69. The van der Waals surface area contributed by atoms with Crippen LogP contribution in [0.15, 0.2) is 90.6 Å². The SMILES string of the molecule is CC(=O)N/C(=C\c1cccc2ccccc12)C(=O)Oc1ccc2ccccc2c1. The largest absolute Gasteiger partial charge is 0.422 e. The molecular weight excluding hydrogens is 362 g/mol. The molecule has 4 aromatic carbocycles. The summed E-state index contributed by atoms with van der Waals surface area (Å²) in [5, 5.41) is 6.65. The first-order chi connectivity index (χ1) is 14.1. The van der Waals surface area contributed by atoms with E-state index in [2.05, 4.69) is 5.32 Å². The fraction of sp³-hybridized carbons (Fsp3) is 0.0400. The van der Waals surface area contributed by atoms with E-state index in [9.17, 15) is 9.59 Å². The van der Waals surface area contributed by atoms with Crippen LogP contribution in [0.5, 0.6) is 5.75 Å². The average molecular weight is 381 g/mol. The summed E-state index contributed by atoms with van der Waals surface area (Å²) in [5.74, 6) is -0.543. The number of hydrogen-bond acceptors (Lipinski definition) is 3. The van der Waals surface area contributed by atoms with E-state index in [1.54, 1.807) is 18.2 Å². The van der Waals surface area contributed by atoms with Crippen molar-refractivity contribution in [3.05, 3.63) is 96.2 Å². The molecule has 4 rings (SSSR count). The number of carbonyl (C=O) groups excluding carboxylic acids is 2. The highest BCUT2D eigenvalue weighted by molar-refractivity contribution is 6.01. The molecule has 0 bridgehead atoms. The zero-order chi connectivity index (χ0) is 20.2. The normalized spacial score (nSPS) is 11.4. The van der Waals surface area contributed by atoms with Gasteiger partial charge in [0.2, 0.25) is 5.91 Å². The molecule has 0 radical (unpaired) electrons. The van der Waals surface area contributed by atoms with Gasteiger partial charge in [-0.2, -0.15) is 0 Å². The summed E-state index contributed by atoms with van der Waals surface area (Å²) in [4.78, 5) is 24.5. The van der Waals surface area contributed by atoms with E-state index >= 15 is 0 Å². The number of carbonyl (C=O) groups is 2. The summed E-state index contributed by atoms with van der Waals surface area (Å²) in [6, 6.07) is 26.9. The predicted octanol–water partition coefficient (Wildman–Crippen LogP) is 5.08. The van der Waals surface area contributed by atoms with Gasteiger partial charge < -0.3 is 10.1 Å². The molecule has 0 aromatic heterocycles. The van der Waals surface area contributed by atoms with Gasteiger partial charge in [0, 0.05) is 6.92 Å². The minimum atomic E-state index is -0.622. The molecule has 0 aliphatic carbocycles. The van der Waals surface area contributed by atoms with Crippen LogP contribution >= 0.6 is 0 Å². The second kappa shape index (κ2) is 7.98. The van der Waals surface area contributed by atoms with E-state index in [1.165, 1.54) is 6.92 Å². The molecule has 0 heterocycles. The first-order valence-electron chi connectivity index (χ1n) is 9.28. The number of ether oxygens (including phenoxy) is 1. The van der Waals surface area contributed by atoms with Gasteiger partial charge in [-0.15, -0.1) is 0 Å². The van der Waals surface area contributed by atoms with Crippen molar-refractivity contribution < 1.29 is 14.3 Å². The third kappa shape index (κ3) is 4.17. The van der Waals surface area contributed by atoms with E-state index in [4.69, 9.17) is 4.74 Å². The maximum atomic E-state index is 12.8. The van der Waals surface area contributed by atoms with Gasteiger partial charge in [-0.25, -0.2) is 4.79 Å². The number of amides is 1. The minimum Gasteiger partial charge on any atom is -0.422 e. The number of fused-ring (bicyclic) bond motifs is 2. The maximum Gasteiger partial charge on any atom is 0.360 e. The summed E-state index contributed by atoms with van der Waals surface area (Å²) < 4.78 is 5.55. The van der Waals surface area contributed by atoms with Crippen molar-refractivity contribution in [2.75, 3.05) is 0 Å². The lowest BCUT2D eigenvalue weighted by Gasteiger charge is -2.10. The molecule has 4 nitrogen and oxygen atoms in total. The van der Waals surface area contributed by atoms with Crippen molar-refractivity contribution >= 4 is 39.5 Å². The molecule has 1 N–H and O–H groups in total. The van der Waals surface area contributed by atoms with Crippen molar-refractivity contribution in [3.8, 4) is 5.75 Å². The van der Waals surface area contributed by atoms with Gasteiger partial charge in [-0.1, -0.05) is 72.8 Å². The van der Waals surface area contributed by atoms with Gasteiger partial charge in [-0.05, 0) is 45.3 Å². The van der Waals surface area contributed by atoms with Gasteiger partial charge in [-0.3, -0.25) is 4.79 Å². The van der Waals surface area contributed by atoms with Crippen LogP contribution in [-0.2, 0) is 9.59 Å². The van der Waals surface area contributed by atoms with Crippen molar-refractivity contribution in [1.82, 2.24) is 5.32 Å². The van der Waals surface area contributed by atoms with Crippen LogP contribution in [0.1, 0.15) is 12.5 Å². The lowest BCUT2D eigenvalue weighted by atomic mass is 10.0. The van der Waals surface area contributed by atoms with Crippen LogP contribution in [0, 0.1) is 0 Å². The first-order valence-corrected chi connectivity index (χ1v) is 9.28. The molecule has 0 aliphatic rings. The quantitative estimate of drug-likeness (QED) is 0.305. The zero-order valence-electron chi connectivity index (χ0n) is 15.9. The van der Waals surface area contributed by atoms with E-state index in [0.29, 0.717) is 5.75 Å². The first kappa shape index (κ1) is 18.4. The van der Waals surface area contributed by atoms with Crippen LogP contribution in [0.4, 0.5) is 0 Å². The van der Waals surface area contributed by atoms with E-state index in [1.807, 2.05) is 72.8 Å². The second-order valence-electron chi connectivity index (χ2n) is 6.71. The second-order valence-corrected chi connectivity index (χ2v) is 6.71. The van der Waals surface area contributed by atoms with Gasteiger partial charge in [0.25, 0.3) is 0 Å². The van der Waals surface area contributed by atoms with E-state index in [-0.39, 0.29) is 11.6 Å². The number of esters is 1. The van der Waals surface area contributed by atoms with Crippen molar-refractivity contribution in [2.24, 2.45) is 0 Å². The molecule has 0 atom stereocenters. The Morgan fingerprint density at radius 2 is 1.48 bits per heavy atom. The fourth-order valence-corrected chi connectivity index (χ4v) is 3.26. The highest BCUT2D eigenvalue weighted by Crippen LogP contribution is 2.23. The van der Waals surface area contributed by atoms with Crippen LogP contribution in [0.2, 0.25) is 0 Å². The molecule has 4 aromatic rings. The Morgan fingerprint density at radius 3 is 2.28 bits per heavy atom. The molecular formula is C25H19NO3. The smallest absolute Gasteiger partial charge is 0.360 e. The van der Waals surface area contributed by atoms with Crippen LogP contribution in [0.3, 0.4) is 0 Å². The molecule has 0 unspecified atom stereocenters. The Kier molecular flexibility index (Phi) is 5.08. The Bertz CT molecular complexity index is 1250. The molecule has 4 heteroatoms. The van der Waals surface area contributed by atoms with Gasteiger partial charge >= 0.3 is 5.97 Å². The van der Waals surface area contributed by atoms with E-state index < -0.39 is 5.97 Å². The molecule has 0 saturated heterocycles. The topological polar surface area (TPSA) is 55.4 Å². The van der Waals surface area contributed by atoms with Crippen molar-refractivity contribution in [2.45, 2.75) is 6.92 Å². The lowest BCUT2D eigenvalue weighted by molar-refractivity contribution is -0.132. The van der Waals surface area contributed by atoms with Crippen molar-refractivity contribution in [3.63, 3.8) is 0 Å². The average Bonchev–Trinajstić information content (AvgIpc) is 2.73. The maximum absolute atomic E-state index is 12.8. The zero-order valence-corrected chi connectivity index (χ0v) is 15.9. The summed E-state index contributed by atoms with van der Waals surface area (Å²) in [7, 11) is 0. The van der Waals surface area contributed by atoms with Gasteiger partial charge in [0.05, 0.1) is 0 Å². The van der Waals surface area contributed by atoms with E-state index in [0.717, 1.165) is 27.1 Å². The number of hydrogen-bond donors (Lipinski definition) is 1. The number of nitrogens with one attached hydrogen (secondary N) is 1.